The summed E-state index contributed by atoms with van der Waals surface area (Å²) in [4.78, 5) is 2.42. The Hall–Kier alpha value is -0.970. The van der Waals surface area contributed by atoms with Crippen LogP contribution in [0.3, 0.4) is 0 Å². The molecule has 2 bridgehead atoms. The molecule has 3 aliphatic heterocycles. The van der Waals surface area contributed by atoms with Crippen LogP contribution in [-0.2, 0) is 6.42 Å². The fourth-order valence-corrected chi connectivity index (χ4v) is 4.25. The maximum atomic E-state index is 10.6. The number of nitrogens with zero attached hydrogens (tertiary/aromatic N) is 1. The van der Waals surface area contributed by atoms with Gasteiger partial charge in [-0.2, -0.15) is 0 Å². The van der Waals surface area contributed by atoms with Crippen LogP contribution in [0.5, 0.6) is 11.5 Å². The zero-order chi connectivity index (χ0) is 17.1. The second kappa shape index (κ2) is 7.94. The van der Waals surface area contributed by atoms with E-state index in [9.17, 15) is 5.11 Å². The lowest BCUT2D eigenvalue weighted by atomic mass is 9.78. The molecule has 1 aromatic rings. The highest BCUT2D eigenvalue weighted by molar-refractivity contribution is 6.32. The van der Waals surface area contributed by atoms with E-state index in [2.05, 4.69) is 11.8 Å². The Kier molecular flexibility index (Phi) is 5.90. The number of benzene rings is 1. The molecule has 0 amide bonds. The Bertz CT molecular complexity index is 556. The van der Waals surface area contributed by atoms with Gasteiger partial charge in [-0.3, -0.25) is 4.90 Å². The molecule has 134 valence electrons. The molecular weight excluding hydrogens is 326 g/mol. The summed E-state index contributed by atoms with van der Waals surface area (Å²) in [6.07, 6.45) is 3.72. The van der Waals surface area contributed by atoms with E-state index < -0.39 is 0 Å². The summed E-state index contributed by atoms with van der Waals surface area (Å²) in [6.45, 7) is 7.40. The molecule has 2 unspecified atom stereocenters. The molecule has 24 heavy (non-hydrogen) atoms. The lowest BCUT2D eigenvalue weighted by molar-refractivity contribution is -0.0715. The Balaban J connectivity index is 1.80. The fraction of sp³-hybridized carbons (Fsp3) is 0.684. The van der Waals surface area contributed by atoms with Crippen LogP contribution in [0.1, 0.15) is 38.7 Å². The average molecular weight is 354 g/mol. The molecule has 0 aliphatic carbocycles. The first-order chi connectivity index (χ1) is 11.6. The minimum absolute atomic E-state index is 0.186. The number of aliphatic hydroxyl groups is 1. The Morgan fingerprint density at radius 1 is 1.21 bits per heavy atom. The maximum absolute atomic E-state index is 10.6. The highest BCUT2D eigenvalue weighted by Crippen LogP contribution is 2.39. The van der Waals surface area contributed by atoms with Crippen molar-refractivity contribution in [1.82, 2.24) is 4.90 Å². The standard InChI is InChI=1S/C19H28ClNO3/c1-3-9-24-19-15(20)10-13(12-17(19)23-4-2)11-16-18(22)14-5-7-21(16)8-6-14/h10,12,14,16,18,22H,3-9,11H2,1-2H3. The molecule has 1 N–H and O–H groups in total. The van der Waals surface area contributed by atoms with Crippen molar-refractivity contribution >= 4 is 11.6 Å². The van der Waals surface area contributed by atoms with Gasteiger partial charge in [-0.25, -0.2) is 0 Å². The molecule has 0 spiro atoms. The molecule has 0 aromatic heterocycles. The minimum Gasteiger partial charge on any atom is -0.490 e. The van der Waals surface area contributed by atoms with Crippen LogP contribution < -0.4 is 9.47 Å². The summed E-state index contributed by atoms with van der Waals surface area (Å²) in [5, 5.41) is 11.2. The van der Waals surface area contributed by atoms with E-state index >= 15 is 0 Å². The third kappa shape index (κ3) is 3.66. The van der Waals surface area contributed by atoms with Crippen LogP contribution in [0.4, 0.5) is 0 Å². The predicted molar refractivity (Wildman–Crippen MR) is 96.2 cm³/mol. The second-order valence-electron chi connectivity index (χ2n) is 6.82. The van der Waals surface area contributed by atoms with Gasteiger partial charge < -0.3 is 14.6 Å². The predicted octanol–water partition coefficient (Wildman–Crippen LogP) is 3.53. The van der Waals surface area contributed by atoms with E-state index in [0.717, 1.165) is 44.3 Å². The monoisotopic (exact) mass is 353 g/mol. The molecule has 3 aliphatic rings. The van der Waals surface area contributed by atoms with E-state index in [-0.39, 0.29) is 12.1 Å². The topological polar surface area (TPSA) is 41.9 Å². The van der Waals surface area contributed by atoms with Gasteiger partial charge in [0.25, 0.3) is 0 Å². The van der Waals surface area contributed by atoms with Crippen LogP contribution >= 0.6 is 11.6 Å². The molecule has 1 aromatic carbocycles. The molecule has 0 saturated carbocycles. The van der Waals surface area contributed by atoms with Crippen LogP contribution in [0, 0.1) is 5.92 Å². The molecule has 5 heteroatoms. The van der Waals surface area contributed by atoms with Crippen LogP contribution in [0.25, 0.3) is 0 Å². The van der Waals surface area contributed by atoms with Gasteiger partial charge in [0.05, 0.1) is 24.3 Å². The average Bonchev–Trinajstić information content (AvgIpc) is 2.58. The molecular formula is C19H28ClNO3. The smallest absolute Gasteiger partial charge is 0.179 e. The van der Waals surface area contributed by atoms with Crippen LogP contribution in [0.2, 0.25) is 5.02 Å². The van der Waals surface area contributed by atoms with Crippen molar-refractivity contribution in [3.8, 4) is 11.5 Å². The number of hydrogen-bond acceptors (Lipinski definition) is 4. The minimum atomic E-state index is -0.238. The van der Waals surface area contributed by atoms with E-state index in [1.54, 1.807) is 0 Å². The molecule has 4 nitrogen and oxygen atoms in total. The number of halogens is 1. The van der Waals surface area contributed by atoms with E-state index in [4.69, 9.17) is 21.1 Å². The number of fused-ring (bicyclic) bond motifs is 3. The number of rotatable bonds is 7. The summed E-state index contributed by atoms with van der Waals surface area (Å²) in [5.41, 5.74) is 1.10. The van der Waals surface area contributed by atoms with Crippen molar-refractivity contribution in [2.75, 3.05) is 26.3 Å². The largest absolute Gasteiger partial charge is 0.490 e. The first-order valence-electron chi connectivity index (χ1n) is 9.14. The Morgan fingerprint density at radius 2 is 1.96 bits per heavy atom. The van der Waals surface area contributed by atoms with Gasteiger partial charge in [0.1, 0.15) is 0 Å². The summed E-state index contributed by atoms with van der Waals surface area (Å²) in [6, 6.07) is 4.17. The quantitative estimate of drug-likeness (QED) is 0.814. The Labute approximate surface area is 149 Å². The number of ether oxygens (including phenoxy) is 2. The third-order valence-corrected chi connectivity index (χ3v) is 5.47. The van der Waals surface area contributed by atoms with Crippen molar-refractivity contribution in [3.63, 3.8) is 0 Å². The summed E-state index contributed by atoms with van der Waals surface area (Å²) in [7, 11) is 0. The molecule has 4 rings (SSSR count). The van der Waals surface area contributed by atoms with Crippen molar-refractivity contribution in [1.29, 1.82) is 0 Å². The van der Waals surface area contributed by atoms with Gasteiger partial charge in [-0.1, -0.05) is 18.5 Å². The van der Waals surface area contributed by atoms with Crippen molar-refractivity contribution < 1.29 is 14.6 Å². The number of aliphatic hydroxyl groups excluding tert-OH is 1. The SMILES string of the molecule is CCCOc1c(Cl)cc(CC2C(O)C3CCN2CC3)cc1OCC. The highest BCUT2D eigenvalue weighted by atomic mass is 35.5. The summed E-state index contributed by atoms with van der Waals surface area (Å²) in [5.74, 6) is 1.79. The van der Waals surface area contributed by atoms with Gasteiger partial charge in [-0.15, -0.1) is 0 Å². The number of hydrogen-bond donors (Lipinski definition) is 1. The zero-order valence-electron chi connectivity index (χ0n) is 14.6. The van der Waals surface area contributed by atoms with Gasteiger partial charge in [0, 0.05) is 6.04 Å². The van der Waals surface area contributed by atoms with Gasteiger partial charge >= 0.3 is 0 Å². The molecule has 3 saturated heterocycles. The molecule has 0 radical (unpaired) electrons. The fourth-order valence-electron chi connectivity index (χ4n) is 3.96. The second-order valence-corrected chi connectivity index (χ2v) is 7.23. The van der Waals surface area contributed by atoms with Gasteiger partial charge in [0.2, 0.25) is 0 Å². The summed E-state index contributed by atoms with van der Waals surface area (Å²) < 4.78 is 11.5. The lowest BCUT2D eigenvalue weighted by Crippen LogP contribution is -2.58. The molecule has 2 atom stereocenters. The Morgan fingerprint density at radius 3 is 2.58 bits per heavy atom. The normalized spacial score (nSPS) is 28.8. The first kappa shape index (κ1) is 17.8. The number of piperidine rings is 3. The van der Waals surface area contributed by atoms with Gasteiger partial charge in [0.15, 0.2) is 11.5 Å². The van der Waals surface area contributed by atoms with E-state index in [1.165, 1.54) is 0 Å². The van der Waals surface area contributed by atoms with Crippen molar-refractivity contribution in [2.45, 2.75) is 51.7 Å². The third-order valence-electron chi connectivity index (χ3n) is 5.18. The van der Waals surface area contributed by atoms with E-state index in [0.29, 0.717) is 35.7 Å². The summed E-state index contributed by atoms with van der Waals surface area (Å²) >= 11 is 6.46. The van der Waals surface area contributed by atoms with Crippen molar-refractivity contribution in [2.24, 2.45) is 5.92 Å². The lowest BCUT2D eigenvalue weighted by Gasteiger charge is -2.49. The van der Waals surface area contributed by atoms with E-state index in [1.807, 2.05) is 19.1 Å². The maximum Gasteiger partial charge on any atom is 0.179 e. The van der Waals surface area contributed by atoms with Gasteiger partial charge in [-0.05, 0) is 69.3 Å². The zero-order valence-corrected chi connectivity index (χ0v) is 15.4. The van der Waals surface area contributed by atoms with Crippen LogP contribution in [0.15, 0.2) is 12.1 Å². The molecule has 3 fully saturated rings. The first-order valence-corrected chi connectivity index (χ1v) is 9.52. The van der Waals surface area contributed by atoms with Crippen molar-refractivity contribution in [3.05, 3.63) is 22.7 Å². The highest BCUT2D eigenvalue weighted by Gasteiger charge is 2.41. The molecule has 3 heterocycles. The van der Waals surface area contributed by atoms with Crippen LogP contribution in [-0.4, -0.2) is 48.5 Å².